The van der Waals surface area contributed by atoms with Crippen LogP contribution in [0, 0.1) is 22.5 Å². The number of nitriles is 2. The molecule has 19 heavy (non-hydrogen) atoms. The van der Waals surface area contributed by atoms with Crippen LogP contribution in [0.2, 0.25) is 12.6 Å². The second kappa shape index (κ2) is 9.22. The highest BCUT2D eigenvalue weighted by atomic mass is 15.1. The molecule has 0 spiro atoms. The second-order valence-electron chi connectivity index (χ2n) is 4.99. The first-order valence-corrected chi connectivity index (χ1v) is 7.09. The summed E-state index contributed by atoms with van der Waals surface area (Å²) in [5, 5.41) is 17.1. The summed E-state index contributed by atoms with van der Waals surface area (Å²) < 4.78 is 4.28. The summed E-state index contributed by atoms with van der Waals surface area (Å²) in [5.41, 5.74) is 0. The van der Waals surface area contributed by atoms with Gasteiger partial charge in [0.15, 0.2) is 0 Å². The molecule has 0 aliphatic heterocycles. The van der Waals surface area contributed by atoms with Crippen LogP contribution >= 0.6 is 0 Å². The van der Waals surface area contributed by atoms with Crippen molar-refractivity contribution >= 4 is 6.15 Å². The minimum Gasteiger partial charge on any atom is -0.248 e. The van der Waals surface area contributed by atoms with Crippen LogP contribution in [-0.4, -0.2) is 10.7 Å². The van der Waals surface area contributed by atoms with E-state index in [1.165, 1.54) is 12.8 Å². The van der Waals surface area contributed by atoms with E-state index in [4.69, 9.17) is 10.5 Å². The van der Waals surface area contributed by atoms with Crippen molar-refractivity contribution in [1.29, 1.82) is 10.5 Å². The SMILES string of the molecule is CCCC[n+]1ccn(C)c1.CC[B-](C#N)(C#N)CC. The van der Waals surface area contributed by atoms with Crippen molar-refractivity contribution in [1.82, 2.24) is 4.57 Å². The highest BCUT2D eigenvalue weighted by Gasteiger charge is 2.18. The van der Waals surface area contributed by atoms with E-state index in [-0.39, 0.29) is 0 Å². The molecule has 0 aliphatic carbocycles. The molecule has 104 valence electrons. The first kappa shape index (κ1) is 17.3. The molecule has 0 aliphatic rings. The predicted molar refractivity (Wildman–Crippen MR) is 78.5 cm³/mol. The van der Waals surface area contributed by atoms with Crippen LogP contribution in [0.25, 0.3) is 0 Å². The van der Waals surface area contributed by atoms with Gasteiger partial charge in [0.2, 0.25) is 12.5 Å². The Morgan fingerprint density at radius 3 is 2.00 bits per heavy atom. The smallest absolute Gasteiger partial charge is 0.243 e. The highest BCUT2D eigenvalue weighted by molar-refractivity contribution is 6.93. The molecule has 1 rings (SSSR count). The molecule has 0 saturated carbocycles. The van der Waals surface area contributed by atoms with Crippen molar-refractivity contribution in [2.24, 2.45) is 7.05 Å². The summed E-state index contributed by atoms with van der Waals surface area (Å²) in [4.78, 5) is 0. The van der Waals surface area contributed by atoms with E-state index in [9.17, 15) is 0 Å². The average Bonchev–Trinajstić information content (AvgIpc) is 2.86. The minimum absolute atomic E-state index is 0.684. The highest BCUT2D eigenvalue weighted by Crippen LogP contribution is 2.11. The number of aryl methyl sites for hydroxylation is 2. The van der Waals surface area contributed by atoms with Crippen LogP contribution in [0.3, 0.4) is 0 Å². The van der Waals surface area contributed by atoms with Crippen molar-refractivity contribution < 1.29 is 4.57 Å². The van der Waals surface area contributed by atoms with Gasteiger partial charge in [0.1, 0.15) is 12.4 Å². The van der Waals surface area contributed by atoms with Crippen molar-refractivity contribution in [3.63, 3.8) is 0 Å². The zero-order chi connectivity index (χ0) is 14.7. The molecule has 0 unspecified atom stereocenters. The first-order chi connectivity index (χ1) is 9.07. The van der Waals surface area contributed by atoms with Gasteiger partial charge in [0, 0.05) is 0 Å². The van der Waals surface area contributed by atoms with Crippen molar-refractivity contribution in [3.8, 4) is 11.9 Å². The Morgan fingerprint density at radius 1 is 1.16 bits per heavy atom. The predicted octanol–water partition coefficient (Wildman–Crippen LogP) is 2.71. The molecule has 0 atom stereocenters. The number of rotatable bonds is 5. The summed E-state index contributed by atoms with van der Waals surface area (Å²) in [6, 6.07) is 0. The molecule has 0 fully saturated rings. The van der Waals surface area contributed by atoms with Crippen LogP contribution in [0.15, 0.2) is 18.7 Å². The van der Waals surface area contributed by atoms with Gasteiger partial charge < -0.3 is 0 Å². The Morgan fingerprint density at radius 2 is 1.74 bits per heavy atom. The maximum Gasteiger partial charge on any atom is 0.243 e. The van der Waals surface area contributed by atoms with Crippen LogP contribution in [0.5, 0.6) is 0 Å². The fraction of sp³-hybridized carbons (Fsp3) is 0.643. The van der Waals surface area contributed by atoms with Gasteiger partial charge in [-0.15, -0.1) is 11.9 Å². The fourth-order valence-electron chi connectivity index (χ4n) is 1.66. The summed E-state index contributed by atoms with van der Waals surface area (Å²) in [6.45, 7) is 7.13. The number of hydrogen-bond acceptors (Lipinski definition) is 2. The largest absolute Gasteiger partial charge is 0.248 e. The van der Waals surface area contributed by atoms with E-state index in [1.807, 2.05) is 20.9 Å². The molecule has 4 nitrogen and oxygen atoms in total. The normalized spacial score (nSPS) is 10.0. The fourth-order valence-corrected chi connectivity index (χ4v) is 1.66. The lowest BCUT2D eigenvalue weighted by molar-refractivity contribution is -0.696. The van der Waals surface area contributed by atoms with Gasteiger partial charge in [-0.2, -0.15) is 12.6 Å². The second-order valence-corrected chi connectivity index (χ2v) is 4.99. The average molecular weight is 260 g/mol. The maximum atomic E-state index is 8.53. The van der Waals surface area contributed by atoms with Crippen molar-refractivity contribution in [2.45, 2.75) is 52.8 Å². The summed E-state index contributed by atoms with van der Waals surface area (Å²) in [6.07, 6.45) is 8.85. The molecule has 0 N–H and O–H groups in total. The molecule has 1 aromatic rings. The van der Waals surface area contributed by atoms with Crippen LogP contribution in [0.4, 0.5) is 0 Å². The van der Waals surface area contributed by atoms with Crippen LogP contribution < -0.4 is 4.57 Å². The molecule has 0 radical (unpaired) electrons. The number of imidazole rings is 1. The van der Waals surface area contributed by atoms with Crippen LogP contribution in [0.1, 0.15) is 33.6 Å². The first-order valence-electron chi connectivity index (χ1n) is 7.09. The summed E-state index contributed by atoms with van der Waals surface area (Å²) in [5.74, 6) is 4.13. The lowest BCUT2D eigenvalue weighted by Crippen LogP contribution is -2.30. The Hall–Kier alpha value is -1.75. The molecule has 1 heterocycles. The van der Waals surface area contributed by atoms with Gasteiger partial charge in [-0.1, -0.05) is 27.2 Å². The van der Waals surface area contributed by atoms with E-state index in [0.29, 0.717) is 12.6 Å². The minimum atomic E-state index is -1.33. The van der Waals surface area contributed by atoms with Gasteiger partial charge in [-0.25, -0.2) is 19.7 Å². The molecule has 5 heteroatoms. The summed E-state index contributed by atoms with van der Waals surface area (Å²) in [7, 11) is 2.04. The number of hydrogen-bond donors (Lipinski definition) is 0. The molecular weight excluding hydrogens is 235 g/mol. The molecular formula is C14H25BN4. The monoisotopic (exact) mass is 260 g/mol. The maximum absolute atomic E-state index is 8.53. The van der Waals surface area contributed by atoms with E-state index < -0.39 is 6.15 Å². The lowest BCUT2D eigenvalue weighted by Gasteiger charge is -2.17. The van der Waals surface area contributed by atoms with Gasteiger partial charge >= 0.3 is 0 Å². The van der Waals surface area contributed by atoms with Crippen molar-refractivity contribution in [3.05, 3.63) is 18.7 Å². The van der Waals surface area contributed by atoms with Gasteiger partial charge in [0.25, 0.3) is 0 Å². The molecule has 0 bridgehead atoms. The van der Waals surface area contributed by atoms with E-state index in [0.717, 1.165) is 6.54 Å². The number of aromatic nitrogens is 2. The number of unbranched alkanes of at least 4 members (excludes halogenated alkanes) is 1. The Labute approximate surface area is 117 Å². The quantitative estimate of drug-likeness (QED) is 0.603. The van der Waals surface area contributed by atoms with Crippen LogP contribution in [-0.2, 0) is 13.6 Å². The molecule has 0 saturated heterocycles. The standard InChI is InChI=1S/C8H15N2.C6H10BN2/c1-3-4-5-10-7-6-9(2)8-10;1-3-7(4-2,5-8)6-9/h6-8H,3-5H2,1-2H3;3-4H2,1-2H3/q+1;-1. The Kier molecular flexibility index (Phi) is 8.37. The van der Waals surface area contributed by atoms with E-state index >= 15 is 0 Å². The Balaban J connectivity index is 0.000000344. The van der Waals surface area contributed by atoms with Gasteiger partial charge in [-0.05, 0) is 6.42 Å². The molecule has 0 aromatic carbocycles. The van der Waals surface area contributed by atoms with Gasteiger partial charge in [0.05, 0.1) is 13.6 Å². The molecule has 1 aromatic heterocycles. The zero-order valence-electron chi connectivity index (χ0n) is 12.6. The third-order valence-electron chi connectivity index (χ3n) is 3.48. The van der Waals surface area contributed by atoms with Gasteiger partial charge in [-0.3, -0.25) is 0 Å². The Bertz CT molecular complexity index is 419. The number of nitrogens with zero attached hydrogens (tertiary/aromatic N) is 4. The molecule has 0 amide bonds. The zero-order valence-corrected chi connectivity index (χ0v) is 12.6. The van der Waals surface area contributed by atoms with E-state index in [1.54, 1.807) is 0 Å². The van der Waals surface area contributed by atoms with E-state index in [2.05, 4.69) is 46.7 Å². The topological polar surface area (TPSA) is 56.4 Å². The summed E-state index contributed by atoms with van der Waals surface area (Å²) >= 11 is 0. The third kappa shape index (κ3) is 6.11. The van der Waals surface area contributed by atoms with Crippen molar-refractivity contribution in [2.75, 3.05) is 0 Å². The lowest BCUT2D eigenvalue weighted by atomic mass is 9.24. The third-order valence-corrected chi connectivity index (χ3v) is 3.48.